The summed E-state index contributed by atoms with van der Waals surface area (Å²) < 4.78 is 5.41. The van der Waals surface area contributed by atoms with Gasteiger partial charge in [-0.3, -0.25) is 4.79 Å². The van der Waals surface area contributed by atoms with Crippen molar-refractivity contribution in [3.63, 3.8) is 0 Å². The lowest BCUT2D eigenvalue weighted by molar-refractivity contribution is -0.125. The zero-order valence-electron chi connectivity index (χ0n) is 17.9. The summed E-state index contributed by atoms with van der Waals surface area (Å²) in [5.41, 5.74) is 4.30. The molecule has 2 aliphatic heterocycles. The van der Waals surface area contributed by atoms with Gasteiger partial charge in [-0.25, -0.2) is 4.79 Å². The molecule has 1 saturated heterocycles. The van der Waals surface area contributed by atoms with Gasteiger partial charge in [0.25, 0.3) is 0 Å². The van der Waals surface area contributed by atoms with Gasteiger partial charge in [-0.1, -0.05) is 49.4 Å². The van der Waals surface area contributed by atoms with Gasteiger partial charge in [-0.15, -0.1) is 0 Å². The van der Waals surface area contributed by atoms with E-state index in [1.165, 1.54) is 0 Å². The van der Waals surface area contributed by atoms with Gasteiger partial charge < -0.3 is 20.1 Å². The van der Waals surface area contributed by atoms with Gasteiger partial charge in [0.2, 0.25) is 5.91 Å². The Hall–Kier alpha value is -2.86. The second-order valence-electron chi connectivity index (χ2n) is 8.37. The summed E-state index contributed by atoms with van der Waals surface area (Å²) in [7, 11) is 0. The Morgan fingerprint density at radius 1 is 1.13 bits per heavy atom. The average Bonchev–Trinajstić information content (AvgIpc) is 3.22. The van der Waals surface area contributed by atoms with Crippen LogP contribution >= 0.6 is 0 Å². The van der Waals surface area contributed by atoms with E-state index < -0.39 is 6.09 Å². The fourth-order valence-corrected chi connectivity index (χ4v) is 4.91. The molecule has 2 atom stereocenters. The van der Waals surface area contributed by atoms with Crippen molar-refractivity contribution in [2.45, 2.75) is 44.6 Å². The number of carbonyl (C=O) groups excluding carboxylic acids is 1. The van der Waals surface area contributed by atoms with Crippen LogP contribution in [0.2, 0.25) is 0 Å². The van der Waals surface area contributed by atoms with E-state index in [0.717, 1.165) is 41.6 Å². The summed E-state index contributed by atoms with van der Waals surface area (Å²) in [5, 5.41) is 12.1. The molecule has 0 radical (unpaired) electrons. The lowest BCUT2D eigenvalue weighted by atomic mass is 9.83. The maximum Gasteiger partial charge on any atom is 0.404 e. The van der Waals surface area contributed by atoms with Gasteiger partial charge in [-0.2, -0.15) is 0 Å². The van der Waals surface area contributed by atoms with Gasteiger partial charge in [0, 0.05) is 43.3 Å². The molecule has 2 heterocycles. The Morgan fingerprint density at radius 3 is 2.55 bits per heavy atom. The number of rotatable bonds is 6. The third-order valence-electron chi connectivity index (χ3n) is 6.50. The number of nitrogens with one attached hydrogen (secondary N) is 1. The fraction of sp³-hybridized carbons (Fsp3) is 0.440. The van der Waals surface area contributed by atoms with Crippen molar-refractivity contribution in [3.05, 3.63) is 65.2 Å². The maximum atomic E-state index is 13.1. The number of carboxylic acid groups (broad SMARTS) is 1. The van der Waals surface area contributed by atoms with Gasteiger partial charge in [0.05, 0.1) is 0 Å². The standard InChI is InChI=1S/C25H30N2O4/c1-2-21(26-25(29)30)23(17-6-4-3-5-7-17)20-8-9-22-19(16-20)10-13-27(22)24(28)18-11-14-31-15-12-18/h3-9,16,18,21,23,26H,2,10-15H2,1H3,(H,29,30). The van der Waals surface area contributed by atoms with Crippen molar-refractivity contribution < 1.29 is 19.4 Å². The molecule has 2 amide bonds. The van der Waals surface area contributed by atoms with Crippen LogP contribution in [-0.4, -0.2) is 42.9 Å². The molecule has 2 aromatic rings. The van der Waals surface area contributed by atoms with E-state index in [1.54, 1.807) is 0 Å². The number of carbonyl (C=O) groups is 2. The number of nitrogens with zero attached hydrogens (tertiary/aromatic N) is 1. The van der Waals surface area contributed by atoms with Crippen LogP contribution in [-0.2, 0) is 16.0 Å². The van der Waals surface area contributed by atoms with E-state index in [2.05, 4.69) is 17.4 Å². The molecule has 1 fully saturated rings. The van der Waals surface area contributed by atoms with Gasteiger partial charge in [0.15, 0.2) is 0 Å². The predicted octanol–water partition coefficient (Wildman–Crippen LogP) is 4.18. The van der Waals surface area contributed by atoms with Crippen LogP contribution in [0, 0.1) is 5.92 Å². The van der Waals surface area contributed by atoms with Crippen molar-refractivity contribution in [1.29, 1.82) is 0 Å². The van der Waals surface area contributed by atoms with E-state index in [1.807, 2.05) is 48.2 Å². The monoisotopic (exact) mass is 422 g/mol. The fourth-order valence-electron chi connectivity index (χ4n) is 4.91. The minimum absolute atomic E-state index is 0.0423. The van der Waals surface area contributed by atoms with Crippen molar-refractivity contribution in [2.75, 3.05) is 24.7 Å². The number of hydrogen-bond donors (Lipinski definition) is 2. The second-order valence-corrected chi connectivity index (χ2v) is 8.37. The van der Waals surface area contributed by atoms with Crippen molar-refractivity contribution in [3.8, 4) is 0 Å². The number of benzene rings is 2. The van der Waals surface area contributed by atoms with Crippen LogP contribution in [0.5, 0.6) is 0 Å². The van der Waals surface area contributed by atoms with Gasteiger partial charge in [-0.05, 0) is 48.4 Å². The van der Waals surface area contributed by atoms with E-state index in [-0.39, 0.29) is 23.8 Å². The van der Waals surface area contributed by atoms with E-state index in [0.29, 0.717) is 26.2 Å². The topological polar surface area (TPSA) is 78.9 Å². The van der Waals surface area contributed by atoms with Crippen LogP contribution in [0.25, 0.3) is 0 Å². The first-order chi connectivity index (χ1) is 15.1. The summed E-state index contributed by atoms with van der Waals surface area (Å²) in [6, 6.07) is 16.0. The Labute approximate surface area is 183 Å². The van der Waals surface area contributed by atoms with E-state index >= 15 is 0 Å². The normalized spacial score (nSPS) is 18.3. The molecule has 2 N–H and O–H groups in total. The number of hydrogen-bond acceptors (Lipinski definition) is 3. The lowest BCUT2D eigenvalue weighted by Gasteiger charge is -2.29. The summed E-state index contributed by atoms with van der Waals surface area (Å²) >= 11 is 0. The highest BCUT2D eigenvalue weighted by molar-refractivity contribution is 5.97. The Morgan fingerprint density at radius 2 is 1.87 bits per heavy atom. The molecule has 6 nitrogen and oxygen atoms in total. The van der Waals surface area contributed by atoms with Crippen molar-refractivity contribution in [2.24, 2.45) is 5.92 Å². The SMILES string of the molecule is CCC(NC(=O)O)C(c1ccccc1)c1ccc2c(c1)CCN2C(=O)C1CCOCC1. The molecule has 4 rings (SSSR count). The smallest absolute Gasteiger partial charge is 0.404 e. The molecule has 0 saturated carbocycles. The molecule has 2 unspecified atom stereocenters. The summed E-state index contributed by atoms with van der Waals surface area (Å²) in [4.78, 5) is 26.4. The number of ether oxygens (including phenoxy) is 1. The molecular weight excluding hydrogens is 392 g/mol. The number of fused-ring (bicyclic) bond motifs is 1. The molecule has 31 heavy (non-hydrogen) atoms. The van der Waals surface area contributed by atoms with E-state index in [9.17, 15) is 14.7 Å². The third-order valence-corrected chi connectivity index (χ3v) is 6.50. The first kappa shape index (κ1) is 21.4. The van der Waals surface area contributed by atoms with Crippen LogP contribution in [0.1, 0.15) is 48.8 Å². The molecule has 0 spiro atoms. The van der Waals surface area contributed by atoms with Gasteiger partial charge in [0.1, 0.15) is 0 Å². The van der Waals surface area contributed by atoms with Gasteiger partial charge >= 0.3 is 6.09 Å². The first-order valence-corrected chi connectivity index (χ1v) is 11.1. The highest BCUT2D eigenvalue weighted by Gasteiger charge is 2.32. The molecule has 6 heteroatoms. The quantitative estimate of drug-likeness (QED) is 0.732. The van der Waals surface area contributed by atoms with Crippen LogP contribution in [0.15, 0.2) is 48.5 Å². The summed E-state index contributed by atoms with van der Waals surface area (Å²) in [5.74, 6) is 0.155. The predicted molar refractivity (Wildman–Crippen MR) is 120 cm³/mol. The maximum absolute atomic E-state index is 13.1. The number of amides is 2. The molecule has 164 valence electrons. The Balaban J connectivity index is 1.64. The zero-order valence-corrected chi connectivity index (χ0v) is 17.9. The largest absolute Gasteiger partial charge is 0.465 e. The van der Waals surface area contributed by atoms with Crippen LogP contribution in [0.3, 0.4) is 0 Å². The molecule has 0 bridgehead atoms. The average molecular weight is 423 g/mol. The third kappa shape index (κ3) is 4.59. The van der Waals surface area contributed by atoms with Crippen LogP contribution < -0.4 is 10.2 Å². The molecule has 0 aromatic heterocycles. The summed E-state index contributed by atoms with van der Waals surface area (Å²) in [6.45, 7) is 4.02. The zero-order chi connectivity index (χ0) is 21.8. The molecule has 0 aliphatic carbocycles. The molecule has 2 aromatic carbocycles. The Kier molecular flexibility index (Phi) is 6.56. The molecule has 2 aliphatic rings. The molecular formula is C25H30N2O4. The minimum atomic E-state index is -1.01. The first-order valence-electron chi connectivity index (χ1n) is 11.1. The second kappa shape index (κ2) is 9.52. The Bertz CT molecular complexity index is 924. The van der Waals surface area contributed by atoms with E-state index in [4.69, 9.17) is 4.74 Å². The highest BCUT2D eigenvalue weighted by atomic mass is 16.5. The van der Waals surface area contributed by atoms with Crippen molar-refractivity contribution in [1.82, 2.24) is 5.32 Å². The van der Waals surface area contributed by atoms with Crippen molar-refractivity contribution >= 4 is 17.7 Å². The summed E-state index contributed by atoms with van der Waals surface area (Å²) in [6.07, 6.45) is 2.07. The number of anilines is 1. The highest BCUT2D eigenvalue weighted by Crippen LogP contribution is 2.36. The van der Waals surface area contributed by atoms with Crippen LogP contribution in [0.4, 0.5) is 10.5 Å². The lowest BCUT2D eigenvalue weighted by Crippen LogP contribution is -2.38. The minimum Gasteiger partial charge on any atom is -0.465 e.